The van der Waals surface area contributed by atoms with Crippen LogP contribution in [0.4, 0.5) is 4.39 Å². The first-order valence-electron chi connectivity index (χ1n) is 8.81. The lowest BCUT2D eigenvalue weighted by atomic mass is 10.1. The SMILES string of the molecule is Cc1ccc(Cn2nc(C)c(C(=O)NNC(=O)c3ccccc3F)c2C)cc1. The van der Waals surface area contributed by atoms with Gasteiger partial charge in [-0.25, -0.2) is 4.39 Å². The van der Waals surface area contributed by atoms with Gasteiger partial charge < -0.3 is 0 Å². The minimum Gasteiger partial charge on any atom is -0.267 e. The van der Waals surface area contributed by atoms with E-state index < -0.39 is 17.6 Å². The van der Waals surface area contributed by atoms with E-state index in [1.807, 2.05) is 31.2 Å². The zero-order valence-electron chi connectivity index (χ0n) is 15.9. The van der Waals surface area contributed by atoms with Crippen LogP contribution in [-0.4, -0.2) is 21.6 Å². The molecule has 0 spiro atoms. The molecule has 6 nitrogen and oxygen atoms in total. The number of carbonyl (C=O) groups excluding carboxylic acids is 2. The fourth-order valence-electron chi connectivity index (χ4n) is 2.93. The molecular formula is C21H21FN4O2. The summed E-state index contributed by atoms with van der Waals surface area (Å²) in [4.78, 5) is 24.6. The number of aryl methyl sites for hydroxylation is 2. The molecule has 0 fully saturated rings. The molecule has 1 heterocycles. The Kier molecular flexibility index (Phi) is 5.54. The molecule has 0 atom stereocenters. The third kappa shape index (κ3) is 4.09. The first-order chi connectivity index (χ1) is 13.4. The molecule has 0 aliphatic heterocycles. The molecule has 0 aliphatic carbocycles. The van der Waals surface area contributed by atoms with Crippen molar-refractivity contribution in [1.82, 2.24) is 20.6 Å². The molecule has 2 aromatic carbocycles. The average molecular weight is 380 g/mol. The minimum atomic E-state index is -0.728. The Labute approximate surface area is 162 Å². The van der Waals surface area contributed by atoms with Gasteiger partial charge in [0, 0.05) is 5.69 Å². The number of nitrogens with one attached hydrogen (secondary N) is 2. The molecule has 144 valence electrons. The third-order valence-electron chi connectivity index (χ3n) is 4.47. The number of amides is 2. The number of nitrogens with zero attached hydrogens (tertiary/aromatic N) is 2. The summed E-state index contributed by atoms with van der Waals surface area (Å²) < 4.78 is 15.4. The summed E-state index contributed by atoms with van der Waals surface area (Å²) >= 11 is 0. The van der Waals surface area contributed by atoms with Gasteiger partial charge in [0.25, 0.3) is 11.8 Å². The van der Waals surface area contributed by atoms with Crippen molar-refractivity contribution in [3.8, 4) is 0 Å². The number of halogens is 1. The monoisotopic (exact) mass is 380 g/mol. The number of hydrogen-bond acceptors (Lipinski definition) is 3. The van der Waals surface area contributed by atoms with Crippen LogP contribution in [0.15, 0.2) is 48.5 Å². The van der Waals surface area contributed by atoms with Crippen LogP contribution < -0.4 is 10.9 Å². The highest BCUT2D eigenvalue weighted by Crippen LogP contribution is 2.15. The maximum Gasteiger partial charge on any atom is 0.273 e. The molecule has 3 rings (SSSR count). The number of aromatic nitrogens is 2. The van der Waals surface area contributed by atoms with Gasteiger partial charge in [0.2, 0.25) is 0 Å². The smallest absolute Gasteiger partial charge is 0.267 e. The van der Waals surface area contributed by atoms with Crippen LogP contribution in [0, 0.1) is 26.6 Å². The largest absolute Gasteiger partial charge is 0.273 e. The molecule has 0 unspecified atom stereocenters. The first kappa shape index (κ1) is 19.3. The summed E-state index contributed by atoms with van der Waals surface area (Å²) in [5.41, 5.74) is 8.26. The highest BCUT2D eigenvalue weighted by atomic mass is 19.1. The Morgan fingerprint density at radius 1 is 0.964 bits per heavy atom. The number of rotatable bonds is 4. The van der Waals surface area contributed by atoms with Crippen LogP contribution in [0.5, 0.6) is 0 Å². The minimum absolute atomic E-state index is 0.147. The molecule has 2 amide bonds. The molecule has 0 saturated heterocycles. The van der Waals surface area contributed by atoms with Crippen molar-refractivity contribution < 1.29 is 14.0 Å². The van der Waals surface area contributed by atoms with E-state index in [4.69, 9.17) is 0 Å². The second-order valence-corrected chi connectivity index (χ2v) is 6.58. The van der Waals surface area contributed by atoms with Crippen LogP contribution in [0.1, 0.15) is 43.2 Å². The van der Waals surface area contributed by atoms with Gasteiger partial charge in [0.15, 0.2) is 0 Å². The second kappa shape index (κ2) is 8.04. The van der Waals surface area contributed by atoms with Gasteiger partial charge in [0.05, 0.1) is 23.4 Å². The van der Waals surface area contributed by atoms with E-state index in [-0.39, 0.29) is 5.56 Å². The Morgan fingerprint density at radius 3 is 2.29 bits per heavy atom. The van der Waals surface area contributed by atoms with Crippen molar-refractivity contribution in [3.05, 3.63) is 88.0 Å². The highest BCUT2D eigenvalue weighted by Gasteiger charge is 2.20. The van der Waals surface area contributed by atoms with Crippen molar-refractivity contribution in [2.75, 3.05) is 0 Å². The summed E-state index contributed by atoms with van der Waals surface area (Å²) in [6.45, 7) is 6.07. The molecule has 0 radical (unpaired) electrons. The van der Waals surface area contributed by atoms with Crippen LogP contribution in [0.25, 0.3) is 0 Å². The second-order valence-electron chi connectivity index (χ2n) is 6.58. The van der Waals surface area contributed by atoms with E-state index in [0.717, 1.165) is 5.56 Å². The van der Waals surface area contributed by atoms with Crippen LogP contribution in [0.2, 0.25) is 0 Å². The van der Waals surface area contributed by atoms with Gasteiger partial charge in [-0.05, 0) is 38.5 Å². The van der Waals surface area contributed by atoms with E-state index in [1.165, 1.54) is 23.8 Å². The topological polar surface area (TPSA) is 76.0 Å². The van der Waals surface area contributed by atoms with E-state index in [0.29, 0.717) is 23.5 Å². The number of hydrogen-bond donors (Lipinski definition) is 2. The number of hydrazine groups is 1. The third-order valence-corrected chi connectivity index (χ3v) is 4.47. The lowest BCUT2D eigenvalue weighted by molar-refractivity contribution is 0.0843. The molecule has 7 heteroatoms. The van der Waals surface area contributed by atoms with Gasteiger partial charge >= 0.3 is 0 Å². The molecule has 1 aromatic heterocycles. The van der Waals surface area contributed by atoms with Crippen LogP contribution in [0.3, 0.4) is 0 Å². The van der Waals surface area contributed by atoms with E-state index in [1.54, 1.807) is 24.6 Å². The summed E-state index contributed by atoms with van der Waals surface area (Å²) in [7, 11) is 0. The fourth-order valence-corrected chi connectivity index (χ4v) is 2.93. The molecule has 0 aliphatic rings. The van der Waals surface area contributed by atoms with Crippen LogP contribution >= 0.6 is 0 Å². The predicted octanol–water partition coefficient (Wildman–Crippen LogP) is 3.07. The van der Waals surface area contributed by atoms with Crippen LogP contribution in [-0.2, 0) is 6.54 Å². The average Bonchev–Trinajstić information content (AvgIpc) is 2.95. The van der Waals surface area contributed by atoms with Crippen molar-refractivity contribution in [2.24, 2.45) is 0 Å². The number of carbonyl (C=O) groups is 2. The molecule has 28 heavy (non-hydrogen) atoms. The normalized spacial score (nSPS) is 10.6. The van der Waals surface area contributed by atoms with E-state index in [2.05, 4.69) is 16.0 Å². The molecular weight excluding hydrogens is 359 g/mol. The van der Waals surface area contributed by atoms with Gasteiger partial charge in [-0.3, -0.25) is 25.1 Å². The van der Waals surface area contributed by atoms with Gasteiger partial charge in [0.1, 0.15) is 5.82 Å². The number of benzene rings is 2. The maximum atomic E-state index is 13.7. The van der Waals surface area contributed by atoms with Crippen molar-refractivity contribution in [2.45, 2.75) is 27.3 Å². The molecule has 2 N–H and O–H groups in total. The van der Waals surface area contributed by atoms with Gasteiger partial charge in [-0.1, -0.05) is 42.0 Å². The standard InChI is InChI=1S/C21H21FN4O2/c1-13-8-10-16(11-9-13)12-26-15(3)19(14(2)25-26)21(28)24-23-20(27)17-6-4-5-7-18(17)22/h4-11H,12H2,1-3H3,(H,23,27)(H,24,28). The Balaban J connectivity index is 1.72. The Hall–Kier alpha value is -3.48. The van der Waals surface area contributed by atoms with E-state index in [9.17, 15) is 14.0 Å². The van der Waals surface area contributed by atoms with Crippen molar-refractivity contribution >= 4 is 11.8 Å². The molecule has 0 bridgehead atoms. The Bertz CT molecular complexity index is 1030. The summed E-state index contributed by atoms with van der Waals surface area (Å²) in [6, 6.07) is 13.6. The van der Waals surface area contributed by atoms with Gasteiger partial charge in [-0.15, -0.1) is 0 Å². The van der Waals surface area contributed by atoms with Crippen molar-refractivity contribution in [3.63, 3.8) is 0 Å². The lowest BCUT2D eigenvalue weighted by Crippen LogP contribution is -2.42. The quantitative estimate of drug-likeness (QED) is 0.683. The zero-order valence-corrected chi connectivity index (χ0v) is 15.9. The molecule has 3 aromatic rings. The van der Waals surface area contributed by atoms with Crippen molar-refractivity contribution in [1.29, 1.82) is 0 Å². The summed E-state index contributed by atoms with van der Waals surface area (Å²) in [5.74, 6) is -1.89. The highest BCUT2D eigenvalue weighted by molar-refractivity contribution is 6.00. The molecule has 0 saturated carbocycles. The predicted molar refractivity (Wildman–Crippen MR) is 103 cm³/mol. The summed E-state index contributed by atoms with van der Waals surface area (Å²) in [5, 5.41) is 4.43. The fraction of sp³-hybridized carbons (Fsp3) is 0.190. The maximum absolute atomic E-state index is 13.7. The van der Waals surface area contributed by atoms with E-state index >= 15 is 0 Å². The first-order valence-corrected chi connectivity index (χ1v) is 8.81. The Morgan fingerprint density at radius 2 is 1.61 bits per heavy atom. The lowest BCUT2D eigenvalue weighted by Gasteiger charge is -2.09. The zero-order chi connectivity index (χ0) is 20.3. The van der Waals surface area contributed by atoms with Gasteiger partial charge in [-0.2, -0.15) is 5.10 Å². The summed E-state index contributed by atoms with van der Waals surface area (Å²) in [6.07, 6.45) is 0.